The molecule has 0 aromatic rings. The lowest BCUT2D eigenvalue weighted by molar-refractivity contribution is 0.409. The molecule has 0 radical (unpaired) electrons. The zero-order valence-electron chi connectivity index (χ0n) is 6.80. The smallest absolute Gasteiger partial charge is 0.107 e. The van der Waals surface area contributed by atoms with Crippen LogP contribution in [-0.2, 0) is 0 Å². The molecule has 0 saturated heterocycles. The van der Waals surface area contributed by atoms with Crippen LogP contribution in [0.25, 0.3) is 0 Å². The van der Waals surface area contributed by atoms with Gasteiger partial charge < -0.3 is 10.0 Å². The van der Waals surface area contributed by atoms with Crippen LogP contribution < -0.4 is 0 Å². The predicted octanol–water partition coefficient (Wildman–Crippen LogP) is 1.73. The lowest BCUT2D eigenvalue weighted by Crippen LogP contribution is -2.21. The van der Waals surface area contributed by atoms with Gasteiger partial charge in [-0.1, -0.05) is 12.2 Å². The van der Waals surface area contributed by atoms with Crippen LogP contribution in [0.2, 0.25) is 0 Å². The molecule has 0 aromatic carbocycles. The summed E-state index contributed by atoms with van der Waals surface area (Å²) in [4.78, 5) is 2.48. The van der Waals surface area contributed by atoms with Crippen molar-refractivity contribution in [2.75, 3.05) is 14.1 Å². The molecule has 0 aliphatic heterocycles. The molecule has 0 spiro atoms. The van der Waals surface area contributed by atoms with Gasteiger partial charge in [-0.15, -0.1) is 0 Å². The highest BCUT2D eigenvalue weighted by Crippen LogP contribution is 2.03. The van der Waals surface area contributed by atoms with Gasteiger partial charge in [0.25, 0.3) is 0 Å². The van der Waals surface area contributed by atoms with E-state index in [1.807, 2.05) is 14.1 Å². The Morgan fingerprint density at radius 3 is 1.80 bits per heavy atom. The van der Waals surface area contributed by atoms with Crippen LogP contribution in [0.15, 0.2) is 11.3 Å². The number of likely N-dealkylation sites (N-methyl/N-ethyl adjacent to an activating group) is 1. The summed E-state index contributed by atoms with van der Waals surface area (Å²) in [6.45, 7) is 3.43. The quantitative estimate of drug-likeness (QED) is 0.358. The number of allylic oxidation sites excluding steroid dienone is 1. The van der Waals surface area contributed by atoms with Gasteiger partial charge in [-0.3, -0.25) is 0 Å². The van der Waals surface area contributed by atoms with E-state index in [1.165, 1.54) is 0 Å². The van der Waals surface area contributed by atoms with Crippen molar-refractivity contribution in [1.82, 2.24) is 4.90 Å². The number of nitrogens with zero attached hydrogens (tertiary/aromatic N) is 1. The molecule has 58 valence electrons. The van der Waals surface area contributed by atoms with Crippen LogP contribution in [0, 0.1) is 0 Å². The van der Waals surface area contributed by atoms with Crippen molar-refractivity contribution >= 4 is 17.2 Å². The summed E-state index contributed by atoms with van der Waals surface area (Å²) in [5, 5.41) is 9.01. The van der Waals surface area contributed by atoms with Crippen molar-refractivity contribution in [2.24, 2.45) is 0 Å². The highest BCUT2D eigenvalue weighted by molar-refractivity contribution is 7.80. The predicted molar refractivity (Wildman–Crippen MR) is 47.3 cm³/mol. The van der Waals surface area contributed by atoms with E-state index in [1.54, 1.807) is 18.7 Å². The largest absolute Gasteiger partial charge is 0.512 e. The van der Waals surface area contributed by atoms with Crippen LogP contribution in [0.3, 0.4) is 0 Å². The molecule has 0 rings (SSSR count). The molecule has 0 atom stereocenters. The molecule has 1 N–H and O–H groups in total. The van der Waals surface area contributed by atoms with Gasteiger partial charge in [0.1, 0.15) is 4.99 Å². The fourth-order valence-corrected chi connectivity index (χ4v) is 0.638. The minimum absolute atomic E-state index is 0.290. The number of hydrogen-bond acceptors (Lipinski definition) is 2. The van der Waals surface area contributed by atoms with E-state index in [9.17, 15) is 0 Å². The Labute approximate surface area is 67.2 Å². The first-order valence-electron chi connectivity index (χ1n) is 3.05. The molecule has 10 heavy (non-hydrogen) atoms. The molecule has 0 amide bonds. The number of hydrogen-bond donors (Lipinski definition) is 1. The maximum atomic E-state index is 9.01. The number of aliphatic hydroxyl groups excluding tert-OH is 1. The number of rotatable bonds is 1. The second-order valence-electron chi connectivity index (χ2n) is 2.41. The van der Waals surface area contributed by atoms with Gasteiger partial charge in [-0.25, -0.2) is 0 Å². The van der Waals surface area contributed by atoms with Crippen molar-refractivity contribution < 1.29 is 5.11 Å². The fourth-order valence-electron chi connectivity index (χ4n) is 0.490. The molecular formula is C7H13NOS. The summed E-state index contributed by atoms with van der Waals surface area (Å²) in [6, 6.07) is 0. The van der Waals surface area contributed by atoms with Crippen LogP contribution in [0.4, 0.5) is 0 Å². The Morgan fingerprint density at radius 2 is 1.70 bits per heavy atom. The lowest BCUT2D eigenvalue weighted by atomic mass is 10.2. The van der Waals surface area contributed by atoms with E-state index in [0.717, 1.165) is 5.57 Å². The average molecular weight is 159 g/mol. The van der Waals surface area contributed by atoms with E-state index >= 15 is 0 Å². The molecule has 0 saturated carbocycles. The summed E-state index contributed by atoms with van der Waals surface area (Å²) in [5.41, 5.74) is 0.764. The van der Waals surface area contributed by atoms with E-state index in [-0.39, 0.29) is 0 Å². The second-order valence-corrected chi connectivity index (χ2v) is 2.80. The Balaban J connectivity index is 4.38. The maximum absolute atomic E-state index is 9.01. The number of aliphatic hydroxyl groups is 1. The fraction of sp³-hybridized carbons (Fsp3) is 0.571. The van der Waals surface area contributed by atoms with Crippen LogP contribution in [0.5, 0.6) is 0 Å². The Bertz CT molecular complexity index is 168. The zero-order chi connectivity index (χ0) is 8.31. The monoisotopic (exact) mass is 159 g/mol. The molecular weight excluding hydrogens is 146 g/mol. The van der Waals surface area contributed by atoms with Gasteiger partial charge in [-0.2, -0.15) is 0 Å². The minimum atomic E-state index is 0.290. The van der Waals surface area contributed by atoms with Crippen molar-refractivity contribution in [3.63, 3.8) is 0 Å². The zero-order valence-corrected chi connectivity index (χ0v) is 7.62. The van der Waals surface area contributed by atoms with Gasteiger partial charge in [0.05, 0.1) is 5.76 Å². The molecule has 2 nitrogen and oxygen atoms in total. The highest BCUT2D eigenvalue weighted by Gasteiger charge is 2.03. The maximum Gasteiger partial charge on any atom is 0.107 e. The molecule has 0 aliphatic carbocycles. The van der Waals surface area contributed by atoms with Crippen LogP contribution >= 0.6 is 12.2 Å². The number of thiocarbonyl (C=S) groups is 1. The average Bonchev–Trinajstić information content (AvgIpc) is 1.84. The molecule has 0 aromatic heterocycles. The molecule has 0 heterocycles. The molecule has 0 aliphatic rings. The van der Waals surface area contributed by atoms with E-state index in [2.05, 4.69) is 0 Å². The summed E-state index contributed by atoms with van der Waals surface area (Å²) in [7, 11) is 3.71. The Kier molecular flexibility index (Phi) is 3.36. The molecule has 3 heteroatoms. The van der Waals surface area contributed by atoms with Gasteiger partial charge >= 0.3 is 0 Å². The third-order valence-electron chi connectivity index (χ3n) is 1.27. The van der Waals surface area contributed by atoms with E-state index < -0.39 is 0 Å². The lowest BCUT2D eigenvalue weighted by Gasteiger charge is -2.13. The first-order valence-corrected chi connectivity index (χ1v) is 3.45. The molecule has 0 fully saturated rings. The molecule has 0 unspecified atom stereocenters. The van der Waals surface area contributed by atoms with Gasteiger partial charge in [0.2, 0.25) is 0 Å². The minimum Gasteiger partial charge on any atom is -0.512 e. The Morgan fingerprint density at radius 1 is 1.30 bits per heavy atom. The summed E-state index contributed by atoms with van der Waals surface area (Å²) in [5.74, 6) is 0.290. The first-order chi connectivity index (χ1) is 4.46. The Hall–Kier alpha value is -0.570. The van der Waals surface area contributed by atoms with Crippen molar-refractivity contribution in [1.29, 1.82) is 0 Å². The van der Waals surface area contributed by atoms with Crippen LogP contribution in [0.1, 0.15) is 13.8 Å². The third kappa shape index (κ3) is 2.35. The van der Waals surface area contributed by atoms with Gasteiger partial charge in [0.15, 0.2) is 0 Å². The summed E-state index contributed by atoms with van der Waals surface area (Å²) < 4.78 is 0. The topological polar surface area (TPSA) is 23.5 Å². The van der Waals surface area contributed by atoms with Crippen molar-refractivity contribution in [2.45, 2.75) is 13.8 Å². The molecule has 0 bridgehead atoms. The standard InChI is InChI=1S/C7H13NOS/c1-5(6(2)9)7(10)8(3)4/h9H,1-4H3. The van der Waals surface area contributed by atoms with Crippen molar-refractivity contribution in [3.8, 4) is 0 Å². The first kappa shape index (κ1) is 9.43. The van der Waals surface area contributed by atoms with Gasteiger partial charge in [-0.05, 0) is 13.8 Å². The summed E-state index contributed by atoms with van der Waals surface area (Å²) >= 11 is 4.98. The normalized spacial score (nSPS) is 12.4. The van der Waals surface area contributed by atoms with E-state index in [4.69, 9.17) is 17.3 Å². The van der Waals surface area contributed by atoms with Crippen molar-refractivity contribution in [3.05, 3.63) is 11.3 Å². The highest BCUT2D eigenvalue weighted by atomic mass is 32.1. The third-order valence-corrected chi connectivity index (χ3v) is 1.94. The second kappa shape index (κ2) is 3.56. The van der Waals surface area contributed by atoms with Gasteiger partial charge in [0, 0.05) is 19.7 Å². The SMILES string of the molecule is CC(O)=C(C)C(=S)N(C)C. The van der Waals surface area contributed by atoms with E-state index in [0.29, 0.717) is 10.7 Å². The summed E-state index contributed by atoms with van der Waals surface area (Å²) in [6.07, 6.45) is 0. The van der Waals surface area contributed by atoms with Crippen LogP contribution in [-0.4, -0.2) is 29.1 Å².